The number of carbonyl (C=O) groups excluding carboxylic acids is 6. The number of imide groups is 1. The summed E-state index contributed by atoms with van der Waals surface area (Å²) in [6, 6.07) is 18.2. The molecule has 5 heterocycles. The Kier molecular flexibility index (Phi) is 15.5. The number of carbonyl (C=O) groups is 8. The van der Waals surface area contributed by atoms with Crippen molar-refractivity contribution >= 4 is 97.7 Å². The quantitative estimate of drug-likeness (QED) is 0.0707. The van der Waals surface area contributed by atoms with Gasteiger partial charge in [-0.3, -0.25) is 34.6 Å². The normalized spacial score (nSPS) is 19.2. The molecule has 3 saturated heterocycles. The molecule has 0 saturated carbocycles. The molecule has 4 aliphatic heterocycles. The van der Waals surface area contributed by atoms with Crippen molar-refractivity contribution in [2.45, 2.75) is 88.4 Å². The lowest BCUT2D eigenvalue weighted by Crippen LogP contribution is -2.55. The molecule has 4 aliphatic rings. The number of piperidine rings is 3. The van der Waals surface area contributed by atoms with Gasteiger partial charge in [-0.1, -0.05) is 41.9 Å². The number of nitrogens with zero attached hydrogens (tertiary/aromatic N) is 3. The third kappa shape index (κ3) is 11.7. The van der Waals surface area contributed by atoms with E-state index in [1.807, 2.05) is 19.9 Å². The van der Waals surface area contributed by atoms with Gasteiger partial charge in [0.2, 0.25) is 17.7 Å². The average Bonchev–Trinajstić information content (AvgIpc) is 3.85. The van der Waals surface area contributed by atoms with Gasteiger partial charge >= 0.3 is 23.3 Å². The number of hydrogen-bond acceptors (Lipinski definition) is 14. The number of carboxylic acids is 2. The smallest absolute Gasteiger partial charge is 0.411 e. The van der Waals surface area contributed by atoms with Gasteiger partial charge in [0.1, 0.15) is 28.0 Å². The number of likely N-dealkylation sites (tertiary alicyclic amines) is 2. The molecule has 3 fully saturated rings. The maximum Gasteiger partial charge on any atom is 0.411 e. The largest absolute Gasteiger partial charge is 0.479 e. The van der Waals surface area contributed by atoms with Gasteiger partial charge in [-0.15, -0.1) is 11.3 Å². The zero-order chi connectivity index (χ0) is 51.4. The van der Waals surface area contributed by atoms with Gasteiger partial charge in [0.25, 0.3) is 5.91 Å². The van der Waals surface area contributed by atoms with Crippen molar-refractivity contribution in [2.24, 2.45) is 0 Å². The molecule has 6 amide bonds. The molecular weight excluding hydrogens is 994 g/mol. The van der Waals surface area contributed by atoms with Gasteiger partial charge in [-0.25, -0.2) is 18.6 Å². The Morgan fingerprint density at radius 1 is 0.931 bits per heavy atom. The van der Waals surface area contributed by atoms with E-state index in [0.717, 1.165) is 11.3 Å². The van der Waals surface area contributed by atoms with Gasteiger partial charge in [0.15, 0.2) is 17.2 Å². The predicted molar refractivity (Wildman–Crippen MR) is 267 cm³/mol. The summed E-state index contributed by atoms with van der Waals surface area (Å²) in [5.74, 6) is -4.23. The van der Waals surface area contributed by atoms with Crippen molar-refractivity contribution in [3.8, 4) is 16.2 Å². The van der Waals surface area contributed by atoms with Gasteiger partial charge in [0, 0.05) is 85.2 Å². The van der Waals surface area contributed by atoms with E-state index >= 15 is 0 Å². The van der Waals surface area contributed by atoms with Crippen LogP contribution in [0.15, 0.2) is 66.7 Å². The monoisotopic (exact) mass is 1050 g/mol. The summed E-state index contributed by atoms with van der Waals surface area (Å²) in [4.78, 5) is 105. The number of halogens is 1. The highest BCUT2D eigenvalue weighted by Crippen LogP contribution is 2.46. The molecule has 0 bridgehead atoms. The molecule has 1 aromatic heterocycles. The minimum Gasteiger partial charge on any atom is -0.479 e. The highest BCUT2D eigenvalue weighted by molar-refractivity contribution is 7.99. The molecule has 8 rings (SSSR count). The molecule has 0 aliphatic carbocycles. The molecule has 3 aromatic carbocycles. The Hall–Kier alpha value is -7.04. The maximum atomic E-state index is 13.7. The Morgan fingerprint density at radius 3 is 2.39 bits per heavy atom. The number of nitrogens with one attached hydrogen (secondary N) is 4. The molecule has 380 valence electrons. The molecule has 2 unspecified atom stereocenters. The second-order valence-corrected chi connectivity index (χ2v) is 21.1. The van der Waals surface area contributed by atoms with E-state index in [9.17, 15) is 47.7 Å². The summed E-state index contributed by atoms with van der Waals surface area (Å²) in [6.07, 6.45) is 1.11. The third-order valence-corrected chi connectivity index (χ3v) is 15.9. The average molecular weight is 1050 g/mol. The summed E-state index contributed by atoms with van der Waals surface area (Å²) < 4.78 is 24.5. The molecule has 72 heavy (non-hydrogen) atoms. The minimum absolute atomic E-state index is 0.00643. The van der Waals surface area contributed by atoms with Crippen LogP contribution in [0.5, 0.6) is 5.75 Å². The van der Waals surface area contributed by atoms with Crippen LogP contribution in [0.1, 0.15) is 83.5 Å². The fourth-order valence-electron chi connectivity index (χ4n) is 9.47. The zero-order valence-electron chi connectivity index (χ0n) is 39.2. The van der Waals surface area contributed by atoms with E-state index in [4.69, 9.17) is 26.2 Å². The molecule has 0 spiro atoms. The number of carboxylic acid groups (broad SMARTS) is 2. The van der Waals surface area contributed by atoms with Crippen LogP contribution in [0.3, 0.4) is 0 Å². The second kappa shape index (κ2) is 21.8. The molecule has 6 N–H and O–H groups in total. The van der Waals surface area contributed by atoms with E-state index in [0.29, 0.717) is 89.5 Å². The fraction of sp³-hybridized carbons (Fsp3) is 0.388. The van der Waals surface area contributed by atoms with Crippen LogP contribution in [-0.4, -0.2) is 133 Å². The van der Waals surface area contributed by atoms with Gasteiger partial charge < -0.3 is 45.0 Å². The van der Waals surface area contributed by atoms with Gasteiger partial charge in [-0.2, -0.15) is 0 Å². The van der Waals surface area contributed by atoms with E-state index < -0.39 is 64.3 Å². The first kappa shape index (κ1) is 51.3. The number of benzene rings is 3. The second-order valence-electron chi connectivity index (χ2n) is 18.4. The molecule has 23 heteroatoms. The van der Waals surface area contributed by atoms with E-state index in [1.165, 1.54) is 4.90 Å². The topological polar surface area (TPSA) is 270 Å². The van der Waals surface area contributed by atoms with Crippen LogP contribution in [-0.2, 0) is 47.0 Å². The Labute approximate surface area is 424 Å². The lowest BCUT2D eigenvalue weighted by atomic mass is 9.87. The summed E-state index contributed by atoms with van der Waals surface area (Å²) in [7, 11) is -1.94. The summed E-state index contributed by atoms with van der Waals surface area (Å²) >= 11 is 7.39. The van der Waals surface area contributed by atoms with Crippen LogP contribution in [0, 0.1) is 0 Å². The number of fused-ring (bicyclic) bond motifs is 1. The molecule has 3 atom stereocenters. The van der Waals surface area contributed by atoms with Gasteiger partial charge in [-0.05, 0) is 80.6 Å². The van der Waals surface area contributed by atoms with Crippen molar-refractivity contribution in [1.29, 1.82) is 0 Å². The first-order valence-electron chi connectivity index (χ1n) is 23.2. The molecular formula is C49H52ClN7O13S2. The Balaban J connectivity index is 0.776. The summed E-state index contributed by atoms with van der Waals surface area (Å²) in [5.41, 5.74) is 3.29. The lowest BCUT2D eigenvalue weighted by molar-refractivity contribution is -0.139. The standard InChI is InChI=1S/C49H52ClN7O13S2/c1-49(2)22-31(52-30-9-4-7-28(21-30)42-40(50)41(69-25-39(60)61)43(71-42)46(64)65)14-19-57(49)48(67)72(68)26-27-6-3-8-29(20-27)53-47(66)70-32-15-17-55(18-16-32)38(59)23-51-35-11-5-10-33-34(35)24-56(45(33)63)36-12-13-37(58)54-44(36)62/h3-11,20-21,31-32,36,51-52H,12-19,22-26H2,1-2H3,(H,53,66)(H,60,61)(H,64,65)(H,54,58,62)/t31-,36?,72?/m0/s1. The fourth-order valence-corrected chi connectivity index (χ4v) is 12.1. The Bertz CT molecular complexity index is 2870. The maximum absolute atomic E-state index is 13.7. The molecule has 0 radical (unpaired) electrons. The number of amides is 6. The molecule has 20 nitrogen and oxygen atoms in total. The number of hydrogen-bond donors (Lipinski definition) is 6. The molecule has 4 aromatic rings. The van der Waals surface area contributed by atoms with Crippen LogP contribution in [0.4, 0.5) is 26.7 Å². The third-order valence-electron chi connectivity index (χ3n) is 13.0. The summed E-state index contributed by atoms with van der Waals surface area (Å²) in [5, 5.41) is 29.9. The first-order valence-corrected chi connectivity index (χ1v) is 25.7. The van der Waals surface area contributed by atoms with E-state index in [1.54, 1.807) is 70.5 Å². The highest BCUT2D eigenvalue weighted by atomic mass is 35.5. The van der Waals surface area contributed by atoms with Crippen LogP contribution >= 0.6 is 22.9 Å². The lowest BCUT2D eigenvalue weighted by Gasteiger charge is -2.45. The Morgan fingerprint density at radius 2 is 1.67 bits per heavy atom. The first-order chi connectivity index (χ1) is 34.3. The van der Waals surface area contributed by atoms with Crippen molar-refractivity contribution in [1.82, 2.24) is 20.0 Å². The number of anilines is 3. The van der Waals surface area contributed by atoms with Crippen molar-refractivity contribution < 1.29 is 62.3 Å². The predicted octanol–water partition coefficient (Wildman–Crippen LogP) is 6.37. The van der Waals surface area contributed by atoms with E-state index in [-0.39, 0.29) is 71.1 Å². The van der Waals surface area contributed by atoms with Crippen molar-refractivity contribution in [3.63, 3.8) is 0 Å². The van der Waals surface area contributed by atoms with Gasteiger partial charge in [0.05, 0.1) is 17.2 Å². The highest BCUT2D eigenvalue weighted by Gasteiger charge is 2.41. The number of aliphatic carboxylic acids is 1. The van der Waals surface area contributed by atoms with Crippen LogP contribution in [0.25, 0.3) is 10.4 Å². The number of thiophene rings is 1. The zero-order valence-corrected chi connectivity index (χ0v) is 41.6. The number of aromatic carboxylic acids is 1. The van der Waals surface area contributed by atoms with Crippen LogP contribution in [0.2, 0.25) is 5.02 Å². The van der Waals surface area contributed by atoms with Crippen LogP contribution < -0.4 is 26.0 Å². The minimum atomic E-state index is -1.94. The SMILES string of the molecule is CC1(C)C[C@@H](Nc2cccc(-c3sc(C(=O)O)c(OCC(=O)O)c3Cl)c2)CCN1C(=O)S(=O)Cc1cccc(NC(=O)OC2CCN(C(=O)CNc3cccc4c3CN(C3CCC(=O)NC3=O)C4=O)CC2)c1. The van der Waals surface area contributed by atoms with E-state index in [2.05, 4.69) is 21.3 Å². The number of rotatable bonds is 15. The summed E-state index contributed by atoms with van der Waals surface area (Å²) in [6.45, 7) is 4.20. The number of ether oxygens (including phenoxy) is 2. The van der Waals surface area contributed by atoms with Crippen molar-refractivity contribution in [3.05, 3.63) is 93.3 Å². The van der Waals surface area contributed by atoms with Crippen molar-refractivity contribution in [2.75, 3.05) is 48.7 Å².